The van der Waals surface area contributed by atoms with Crippen LogP contribution in [-0.2, 0) is 14.3 Å². The minimum Gasteiger partial charge on any atom is -0.461 e. The molecule has 1 aromatic carbocycles. The van der Waals surface area contributed by atoms with E-state index in [9.17, 15) is 18.4 Å². The summed E-state index contributed by atoms with van der Waals surface area (Å²) in [5.74, 6) is -1.74. The first kappa shape index (κ1) is 22.6. The van der Waals surface area contributed by atoms with E-state index in [1.165, 1.54) is 24.3 Å². The van der Waals surface area contributed by atoms with Gasteiger partial charge in [-0.1, -0.05) is 36.4 Å². The topological polar surface area (TPSA) is 64.6 Å². The van der Waals surface area contributed by atoms with Gasteiger partial charge < -0.3 is 14.8 Å². The van der Waals surface area contributed by atoms with Crippen molar-refractivity contribution in [3.8, 4) is 0 Å². The van der Waals surface area contributed by atoms with Crippen LogP contribution in [0.4, 0.5) is 8.78 Å². The Morgan fingerprint density at radius 2 is 1.94 bits per heavy atom. The van der Waals surface area contributed by atoms with Gasteiger partial charge in [0.25, 0.3) is 5.91 Å². The van der Waals surface area contributed by atoms with Gasteiger partial charge in [0.05, 0.1) is 17.8 Å². The van der Waals surface area contributed by atoms with Crippen molar-refractivity contribution in [3.63, 3.8) is 0 Å². The number of allylic oxidation sites excluding steroid dienone is 6. The molecule has 7 heteroatoms. The quantitative estimate of drug-likeness (QED) is 0.652. The molecule has 1 amide bonds. The Kier molecular flexibility index (Phi) is 7.52. The van der Waals surface area contributed by atoms with Gasteiger partial charge in [0.15, 0.2) is 0 Å². The number of rotatable bonds is 7. The zero-order valence-electron chi connectivity index (χ0n) is 17.4. The maximum Gasteiger partial charge on any atom is 0.332 e. The summed E-state index contributed by atoms with van der Waals surface area (Å²) in [6, 6.07) is 4.17. The molecule has 31 heavy (non-hydrogen) atoms. The van der Waals surface area contributed by atoms with Crippen LogP contribution in [0.5, 0.6) is 0 Å². The van der Waals surface area contributed by atoms with Gasteiger partial charge in [-0.3, -0.25) is 4.79 Å². The lowest BCUT2D eigenvalue weighted by atomic mass is 9.95. The second-order valence-corrected chi connectivity index (χ2v) is 7.61. The third-order valence-corrected chi connectivity index (χ3v) is 4.71. The highest BCUT2D eigenvalue weighted by atomic mass is 19.1. The lowest BCUT2D eigenvalue weighted by molar-refractivity contribution is -0.154. The SMILES string of the molecule is CC(C)OC(=O)COC1C=CC=C(NC(=O)c2cc(C3=CC=CC(F)C3)ccc2F)C1. The summed E-state index contributed by atoms with van der Waals surface area (Å²) in [6.07, 6.45) is 8.71. The van der Waals surface area contributed by atoms with E-state index in [0.29, 0.717) is 23.3 Å². The third kappa shape index (κ3) is 6.46. The highest BCUT2D eigenvalue weighted by Crippen LogP contribution is 2.27. The standard InChI is InChI=1S/C24H25F2NO4/c1-15(2)31-23(28)14-30-20-8-4-7-19(13-20)27-24(29)21-12-17(9-10-22(21)26)16-5-3-6-18(25)11-16/h3-10,12,15,18,20H,11,13-14H2,1-2H3,(H,27,29). The molecular weight excluding hydrogens is 404 g/mol. The fourth-order valence-electron chi connectivity index (χ4n) is 3.29. The lowest BCUT2D eigenvalue weighted by Gasteiger charge is -2.20. The van der Waals surface area contributed by atoms with Gasteiger partial charge in [0.1, 0.15) is 18.6 Å². The van der Waals surface area contributed by atoms with Gasteiger partial charge in [0, 0.05) is 18.5 Å². The van der Waals surface area contributed by atoms with Crippen molar-refractivity contribution in [3.05, 3.63) is 77.3 Å². The molecule has 2 atom stereocenters. The maximum atomic E-state index is 14.3. The van der Waals surface area contributed by atoms with E-state index >= 15 is 0 Å². The molecule has 0 aromatic heterocycles. The van der Waals surface area contributed by atoms with E-state index < -0.39 is 30.0 Å². The van der Waals surface area contributed by atoms with Gasteiger partial charge in [-0.05, 0) is 43.2 Å². The first-order valence-electron chi connectivity index (χ1n) is 10.1. The molecule has 1 N–H and O–H groups in total. The predicted molar refractivity (Wildman–Crippen MR) is 113 cm³/mol. The van der Waals surface area contributed by atoms with Gasteiger partial charge in [-0.25, -0.2) is 13.6 Å². The molecule has 5 nitrogen and oxygen atoms in total. The van der Waals surface area contributed by atoms with Crippen molar-refractivity contribution in [2.75, 3.05) is 6.61 Å². The van der Waals surface area contributed by atoms with Crippen molar-refractivity contribution >= 4 is 17.4 Å². The average molecular weight is 429 g/mol. The maximum absolute atomic E-state index is 14.3. The predicted octanol–water partition coefficient (Wildman–Crippen LogP) is 4.42. The van der Waals surface area contributed by atoms with Crippen LogP contribution in [0.15, 0.2) is 60.4 Å². The smallest absolute Gasteiger partial charge is 0.332 e. The molecule has 0 saturated carbocycles. The Morgan fingerprint density at radius 3 is 2.68 bits per heavy atom. The summed E-state index contributed by atoms with van der Waals surface area (Å²) >= 11 is 0. The Labute approximate surface area is 180 Å². The lowest BCUT2D eigenvalue weighted by Crippen LogP contribution is -2.29. The van der Waals surface area contributed by atoms with Gasteiger partial charge in [-0.2, -0.15) is 0 Å². The van der Waals surface area contributed by atoms with Gasteiger partial charge in [-0.15, -0.1) is 0 Å². The minimum atomic E-state index is -1.10. The van der Waals surface area contributed by atoms with Crippen LogP contribution in [0.1, 0.15) is 42.6 Å². The molecule has 0 bridgehead atoms. The number of esters is 1. The molecule has 2 aliphatic rings. The number of amides is 1. The first-order valence-corrected chi connectivity index (χ1v) is 10.1. The van der Waals surface area contributed by atoms with E-state index in [4.69, 9.17) is 9.47 Å². The number of nitrogens with one attached hydrogen (secondary N) is 1. The normalized spacial score (nSPS) is 20.3. The largest absolute Gasteiger partial charge is 0.461 e. The number of ether oxygens (including phenoxy) is 2. The number of benzene rings is 1. The Morgan fingerprint density at radius 1 is 1.16 bits per heavy atom. The summed E-state index contributed by atoms with van der Waals surface area (Å²) in [5.41, 5.74) is 1.70. The fourth-order valence-corrected chi connectivity index (χ4v) is 3.29. The van der Waals surface area contributed by atoms with E-state index in [2.05, 4.69) is 5.32 Å². The molecule has 0 fully saturated rings. The number of halogens is 2. The molecule has 0 saturated heterocycles. The number of hydrogen-bond donors (Lipinski definition) is 1. The Balaban J connectivity index is 1.62. The van der Waals surface area contributed by atoms with E-state index in [0.717, 1.165) is 0 Å². The molecule has 2 aliphatic carbocycles. The van der Waals surface area contributed by atoms with Crippen LogP contribution >= 0.6 is 0 Å². The zero-order chi connectivity index (χ0) is 22.4. The second-order valence-electron chi connectivity index (χ2n) is 7.61. The van der Waals surface area contributed by atoms with Crippen LogP contribution in [0.3, 0.4) is 0 Å². The number of alkyl halides is 1. The fraction of sp³-hybridized carbons (Fsp3) is 0.333. The number of carbonyl (C=O) groups excluding carboxylic acids is 2. The minimum absolute atomic E-state index is 0.128. The molecule has 0 spiro atoms. The number of hydrogen-bond acceptors (Lipinski definition) is 4. The van der Waals surface area contributed by atoms with Crippen LogP contribution in [0, 0.1) is 5.82 Å². The Bertz CT molecular complexity index is 962. The highest BCUT2D eigenvalue weighted by Gasteiger charge is 2.20. The van der Waals surface area contributed by atoms with E-state index in [1.54, 1.807) is 44.2 Å². The van der Waals surface area contributed by atoms with Crippen molar-refractivity contribution in [1.82, 2.24) is 5.32 Å². The summed E-state index contributed by atoms with van der Waals surface area (Å²) in [7, 11) is 0. The first-order chi connectivity index (χ1) is 14.8. The summed E-state index contributed by atoms with van der Waals surface area (Å²) in [4.78, 5) is 24.3. The van der Waals surface area contributed by atoms with E-state index in [1.807, 2.05) is 0 Å². The summed E-state index contributed by atoms with van der Waals surface area (Å²) in [5, 5.41) is 2.69. The van der Waals surface area contributed by atoms with Crippen LogP contribution < -0.4 is 5.32 Å². The monoisotopic (exact) mass is 429 g/mol. The van der Waals surface area contributed by atoms with Gasteiger partial charge in [0.2, 0.25) is 0 Å². The third-order valence-electron chi connectivity index (χ3n) is 4.71. The summed E-state index contributed by atoms with van der Waals surface area (Å²) < 4.78 is 38.5. The molecule has 2 unspecified atom stereocenters. The average Bonchev–Trinajstić information content (AvgIpc) is 2.72. The molecular formula is C24H25F2NO4. The zero-order valence-corrected chi connectivity index (χ0v) is 17.4. The number of carbonyl (C=O) groups is 2. The van der Waals surface area contributed by atoms with Crippen LogP contribution in [0.25, 0.3) is 5.57 Å². The molecule has 0 radical (unpaired) electrons. The molecule has 0 heterocycles. The molecule has 0 aliphatic heterocycles. The van der Waals surface area contributed by atoms with Crippen LogP contribution in [0.2, 0.25) is 0 Å². The molecule has 1 aromatic rings. The second kappa shape index (κ2) is 10.3. The molecule has 164 valence electrons. The highest BCUT2D eigenvalue weighted by molar-refractivity contribution is 5.96. The van der Waals surface area contributed by atoms with E-state index in [-0.39, 0.29) is 24.7 Å². The van der Waals surface area contributed by atoms with Crippen LogP contribution in [-0.4, -0.2) is 36.9 Å². The Hall–Kier alpha value is -3.06. The van der Waals surface area contributed by atoms with Crippen molar-refractivity contribution in [2.45, 2.75) is 45.1 Å². The van der Waals surface area contributed by atoms with Gasteiger partial charge >= 0.3 is 5.97 Å². The van der Waals surface area contributed by atoms with Crippen molar-refractivity contribution < 1.29 is 27.8 Å². The molecule has 3 rings (SSSR count). The van der Waals surface area contributed by atoms with Crippen molar-refractivity contribution in [2.24, 2.45) is 0 Å². The summed E-state index contributed by atoms with van der Waals surface area (Å²) in [6.45, 7) is 3.30. The van der Waals surface area contributed by atoms with Crippen molar-refractivity contribution in [1.29, 1.82) is 0 Å².